The SMILES string of the molecule is CC#CC(CC(=O)O)c1ccc(OCc2nn(-c3ccccc3)nc2C)cc1.CC#CC(CC(=O)OCC)c1ccc(OCc2nn(-c3ccccc3)nc2C)cc1. The molecule has 0 bridgehead atoms. The molecular formula is C46H46N6O6. The summed E-state index contributed by atoms with van der Waals surface area (Å²) in [4.78, 5) is 26.1. The van der Waals surface area contributed by atoms with E-state index in [0.29, 0.717) is 31.3 Å². The Hall–Kier alpha value is -7.18. The minimum absolute atomic E-state index is 0.0250. The molecule has 4 aromatic carbocycles. The van der Waals surface area contributed by atoms with Gasteiger partial charge in [0.2, 0.25) is 0 Å². The van der Waals surface area contributed by atoms with Gasteiger partial charge in [0.05, 0.1) is 54.0 Å². The number of nitrogens with zero attached hydrogens (tertiary/aromatic N) is 6. The molecule has 0 saturated heterocycles. The van der Waals surface area contributed by atoms with E-state index in [1.54, 1.807) is 30.4 Å². The summed E-state index contributed by atoms with van der Waals surface area (Å²) >= 11 is 0. The zero-order chi connectivity index (χ0) is 41.3. The summed E-state index contributed by atoms with van der Waals surface area (Å²) in [6.07, 6.45) is 0.208. The molecule has 296 valence electrons. The van der Waals surface area contributed by atoms with Crippen LogP contribution in [0.4, 0.5) is 0 Å². The van der Waals surface area contributed by atoms with Crippen LogP contribution in [0.2, 0.25) is 0 Å². The number of hydrogen-bond donors (Lipinski definition) is 1. The average molecular weight is 779 g/mol. The zero-order valence-electron chi connectivity index (χ0n) is 33.3. The molecule has 2 atom stereocenters. The van der Waals surface area contributed by atoms with Crippen LogP contribution in [0.15, 0.2) is 109 Å². The van der Waals surface area contributed by atoms with Gasteiger partial charge in [-0.3, -0.25) is 9.59 Å². The lowest BCUT2D eigenvalue weighted by Crippen LogP contribution is -2.09. The Morgan fingerprint density at radius 3 is 1.41 bits per heavy atom. The van der Waals surface area contributed by atoms with Crippen molar-refractivity contribution in [1.82, 2.24) is 30.0 Å². The monoisotopic (exact) mass is 778 g/mol. The van der Waals surface area contributed by atoms with Gasteiger partial charge in [-0.15, -0.1) is 22.0 Å². The van der Waals surface area contributed by atoms with Crippen LogP contribution in [-0.4, -0.2) is 53.6 Å². The molecule has 6 aromatic rings. The van der Waals surface area contributed by atoms with Crippen molar-refractivity contribution in [2.75, 3.05) is 6.61 Å². The Labute approximate surface area is 338 Å². The summed E-state index contributed by atoms with van der Waals surface area (Å²) in [5.74, 6) is 11.4. The number of carbonyl (C=O) groups excluding carboxylic acids is 1. The molecule has 0 spiro atoms. The van der Waals surface area contributed by atoms with Crippen molar-refractivity contribution in [2.24, 2.45) is 0 Å². The van der Waals surface area contributed by atoms with Crippen LogP contribution in [0.25, 0.3) is 11.4 Å². The van der Waals surface area contributed by atoms with E-state index in [2.05, 4.69) is 44.1 Å². The number of carbonyl (C=O) groups is 2. The second-order valence-corrected chi connectivity index (χ2v) is 12.9. The molecule has 6 rings (SSSR count). The van der Waals surface area contributed by atoms with Gasteiger partial charge in [-0.05, 0) is 94.3 Å². The summed E-state index contributed by atoms with van der Waals surface area (Å²) in [6.45, 7) is 10.1. The minimum atomic E-state index is -0.870. The first-order valence-electron chi connectivity index (χ1n) is 18.8. The molecule has 0 radical (unpaired) electrons. The summed E-state index contributed by atoms with van der Waals surface area (Å²) < 4.78 is 16.8. The first-order valence-corrected chi connectivity index (χ1v) is 18.8. The Morgan fingerprint density at radius 1 is 0.621 bits per heavy atom. The molecule has 58 heavy (non-hydrogen) atoms. The molecule has 0 fully saturated rings. The topological polar surface area (TPSA) is 143 Å². The number of aromatic nitrogens is 6. The Kier molecular flexibility index (Phi) is 15.3. The number of para-hydroxylation sites is 2. The van der Waals surface area contributed by atoms with Gasteiger partial charge in [-0.2, -0.15) is 19.8 Å². The van der Waals surface area contributed by atoms with E-state index in [9.17, 15) is 9.59 Å². The normalized spacial score (nSPS) is 11.3. The number of aliphatic carboxylic acids is 1. The fourth-order valence-electron chi connectivity index (χ4n) is 5.75. The number of ether oxygens (including phenoxy) is 3. The van der Waals surface area contributed by atoms with Gasteiger partial charge in [-0.25, -0.2) is 0 Å². The first kappa shape index (κ1) is 42.0. The first-order chi connectivity index (χ1) is 28.2. The van der Waals surface area contributed by atoms with Crippen LogP contribution in [0.5, 0.6) is 11.5 Å². The summed E-state index contributed by atoms with van der Waals surface area (Å²) in [7, 11) is 0. The third-order valence-corrected chi connectivity index (χ3v) is 8.74. The highest BCUT2D eigenvalue weighted by molar-refractivity contribution is 5.71. The average Bonchev–Trinajstić information content (AvgIpc) is 3.81. The summed E-state index contributed by atoms with van der Waals surface area (Å²) in [5, 5.41) is 27.0. The van der Waals surface area contributed by atoms with Crippen molar-refractivity contribution < 1.29 is 28.9 Å². The molecule has 2 aromatic heterocycles. The minimum Gasteiger partial charge on any atom is -0.487 e. The van der Waals surface area contributed by atoms with Gasteiger partial charge >= 0.3 is 11.9 Å². The second-order valence-electron chi connectivity index (χ2n) is 12.9. The van der Waals surface area contributed by atoms with Crippen molar-refractivity contribution >= 4 is 11.9 Å². The number of aryl methyl sites for hydroxylation is 2. The number of carboxylic acid groups (broad SMARTS) is 1. The maximum atomic E-state index is 11.8. The van der Waals surface area contributed by atoms with E-state index in [4.69, 9.17) is 19.3 Å². The standard InChI is InChI=1S/C24H25N3O3.C22H21N3O3/c1-4-9-20(16-24(28)29-5-2)19-12-14-22(15-13-19)30-17-23-18(3)25-27(26-23)21-10-7-6-8-11-21;1-3-7-18(14-22(26)27)17-10-12-20(13-11-17)28-15-21-16(2)23-25(24-21)19-8-5-4-6-9-19/h6-8,10-15,20H,5,16-17H2,1-3H3;4-6,8-13,18H,14-15H2,1-2H3,(H,26,27). The summed E-state index contributed by atoms with van der Waals surface area (Å²) in [6, 6.07) is 34.4. The highest BCUT2D eigenvalue weighted by Crippen LogP contribution is 2.25. The molecule has 0 aliphatic rings. The van der Waals surface area contributed by atoms with Crippen LogP contribution in [-0.2, 0) is 27.5 Å². The predicted octanol–water partition coefficient (Wildman–Crippen LogP) is 7.95. The van der Waals surface area contributed by atoms with E-state index >= 15 is 0 Å². The molecule has 12 nitrogen and oxygen atoms in total. The van der Waals surface area contributed by atoms with Crippen molar-refractivity contribution in [3.05, 3.63) is 143 Å². The van der Waals surface area contributed by atoms with Gasteiger partial charge in [-0.1, -0.05) is 72.5 Å². The van der Waals surface area contributed by atoms with Crippen LogP contribution >= 0.6 is 0 Å². The third-order valence-electron chi connectivity index (χ3n) is 8.74. The van der Waals surface area contributed by atoms with Gasteiger partial charge in [0, 0.05) is 0 Å². The van der Waals surface area contributed by atoms with Crippen LogP contribution < -0.4 is 9.47 Å². The van der Waals surface area contributed by atoms with Crippen molar-refractivity contribution in [1.29, 1.82) is 0 Å². The molecule has 2 heterocycles. The molecule has 0 aliphatic carbocycles. The molecular weight excluding hydrogens is 733 g/mol. The number of esters is 1. The molecule has 0 amide bonds. The maximum absolute atomic E-state index is 11.8. The van der Waals surface area contributed by atoms with E-state index in [1.807, 2.05) is 123 Å². The number of hydrogen-bond acceptors (Lipinski definition) is 9. The highest BCUT2D eigenvalue weighted by Gasteiger charge is 2.16. The maximum Gasteiger partial charge on any atom is 0.307 e. The summed E-state index contributed by atoms with van der Waals surface area (Å²) in [5.41, 5.74) is 6.77. The molecule has 2 unspecified atom stereocenters. The fourth-order valence-corrected chi connectivity index (χ4v) is 5.75. The van der Waals surface area contributed by atoms with Gasteiger partial charge < -0.3 is 19.3 Å². The predicted molar refractivity (Wildman–Crippen MR) is 220 cm³/mol. The lowest BCUT2D eigenvalue weighted by Gasteiger charge is -2.12. The Bertz CT molecular complexity index is 2370. The van der Waals surface area contributed by atoms with E-state index in [0.717, 1.165) is 45.3 Å². The third kappa shape index (κ3) is 12.2. The lowest BCUT2D eigenvalue weighted by atomic mass is 9.96. The van der Waals surface area contributed by atoms with E-state index < -0.39 is 5.97 Å². The number of rotatable bonds is 15. The molecule has 12 heteroatoms. The number of benzene rings is 4. The van der Waals surface area contributed by atoms with Gasteiger partial charge in [0.1, 0.15) is 36.1 Å². The Morgan fingerprint density at radius 2 is 1.03 bits per heavy atom. The van der Waals surface area contributed by atoms with Crippen LogP contribution in [0.3, 0.4) is 0 Å². The second kappa shape index (κ2) is 21.2. The number of carboxylic acids is 1. The van der Waals surface area contributed by atoms with Crippen molar-refractivity contribution in [3.8, 4) is 46.6 Å². The quantitative estimate of drug-likeness (QED) is 0.0806. The largest absolute Gasteiger partial charge is 0.487 e. The van der Waals surface area contributed by atoms with Gasteiger partial charge in [0.15, 0.2) is 0 Å². The molecule has 0 saturated carbocycles. The van der Waals surface area contributed by atoms with Crippen LogP contribution in [0, 0.1) is 37.5 Å². The molecule has 0 aliphatic heterocycles. The Balaban J connectivity index is 0.000000221. The lowest BCUT2D eigenvalue weighted by molar-refractivity contribution is -0.143. The van der Waals surface area contributed by atoms with E-state index in [1.165, 1.54) is 0 Å². The van der Waals surface area contributed by atoms with Crippen molar-refractivity contribution in [3.63, 3.8) is 0 Å². The molecule has 1 N–H and O–H groups in total. The highest BCUT2D eigenvalue weighted by atomic mass is 16.5. The zero-order valence-corrected chi connectivity index (χ0v) is 33.3. The van der Waals surface area contributed by atoms with Crippen LogP contribution in [0.1, 0.15) is 79.4 Å². The fraction of sp³-hybridized carbons (Fsp3) is 0.261. The van der Waals surface area contributed by atoms with Gasteiger partial charge in [0.25, 0.3) is 0 Å². The van der Waals surface area contributed by atoms with E-state index in [-0.39, 0.29) is 30.6 Å². The smallest absolute Gasteiger partial charge is 0.307 e. The van der Waals surface area contributed by atoms with Crippen molar-refractivity contribution in [2.45, 2.75) is 72.5 Å².